The summed E-state index contributed by atoms with van der Waals surface area (Å²) in [5, 5.41) is 0. The van der Waals surface area contributed by atoms with Crippen LogP contribution < -0.4 is 0 Å². The number of hydrogen-bond donors (Lipinski definition) is 0. The summed E-state index contributed by atoms with van der Waals surface area (Å²) in [7, 11) is 5.10. The highest BCUT2D eigenvalue weighted by molar-refractivity contribution is 5.03. The SMILES string of the molecule is CCCCCCCCC(CCC1CCC2(C)OC2C1)C(OC)(OC)OC. The number of methoxy groups -OCH3 is 3. The summed E-state index contributed by atoms with van der Waals surface area (Å²) in [5.74, 6) is 0.149. The monoisotopic (exact) mass is 370 g/mol. The van der Waals surface area contributed by atoms with Crippen LogP contribution in [0, 0.1) is 11.8 Å². The molecule has 4 heteroatoms. The largest absolute Gasteiger partial charge is 0.366 e. The van der Waals surface area contributed by atoms with Gasteiger partial charge in [-0.25, -0.2) is 0 Å². The van der Waals surface area contributed by atoms with Crippen molar-refractivity contribution in [3.63, 3.8) is 0 Å². The van der Waals surface area contributed by atoms with E-state index in [2.05, 4.69) is 13.8 Å². The first-order valence-corrected chi connectivity index (χ1v) is 10.9. The highest BCUT2D eigenvalue weighted by atomic mass is 16.9. The summed E-state index contributed by atoms with van der Waals surface area (Å²) in [6.45, 7) is 4.53. The number of fused-ring (bicyclic) bond motifs is 1. The van der Waals surface area contributed by atoms with Crippen molar-refractivity contribution in [1.29, 1.82) is 0 Å². The van der Waals surface area contributed by atoms with Crippen molar-refractivity contribution in [2.24, 2.45) is 11.8 Å². The van der Waals surface area contributed by atoms with E-state index in [-0.39, 0.29) is 11.5 Å². The maximum absolute atomic E-state index is 5.87. The zero-order valence-corrected chi connectivity index (χ0v) is 17.9. The van der Waals surface area contributed by atoms with Crippen LogP contribution in [0.4, 0.5) is 0 Å². The van der Waals surface area contributed by atoms with E-state index in [9.17, 15) is 0 Å². The molecule has 1 aliphatic heterocycles. The molecule has 154 valence electrons. The maximum atomic E-state index is 5.87. The minimum atomic E-state index is -0.900. The van der Waals surface area contributed by atoms with E-state index >= 15 is 0 Å². The van der Waals surface area contributed by atoms with Gasteiger partial charge in [-0.2, -0.15) is 0 Å². The first-order valence-electron chi connectivity index (χ1n) is 10.9. The van der Waals surface area contributed by atoms with E-state index < -0.39 is 5.97 Å². The average molecular weight is 371 g/mol. The number of hydrogen-bond acceptors (Lipinski definition) is 4. The summed E-state index contributed by atoms with van der Waals surface area (Å²) in [6, 6.07) is 0. The van der Waals surface area contributed by atoms with E-state index in [1.807, 2.05) is 0 Å². The Balaban J connectivity index is 1.81. The molecule has 1 saturated carbocycles. The lowest BCUT2D eigenvalue weighted by Gasteiger charge is -2.37. The summed E-state index contributed by atoms with van der Waals surface area (Å²) in [5.41, 5.74) is 0.212. The number of ether oxygens (including phenoxy) is 4. The molecule has 0 aromatic carbocycles. The van der Waals surface area contributed by atoms with Gasteiger partial charge in [-0.15, -0.1) is 0 Å². The molecule has 1 saturated heterocycles. The Hall–Kier alpha value is -0.160. The van der Waals surface area contributed by atoms with Gasteiger partial charge in [0.1, 0.15) is 0 Å². The van der Waals surface area contributed by atoms with Gasteiger partial charge in [0.25, 0.3) is 5.97 Å². The lowest BCUT2D eigenvalue weighted by atomic mass is 9.79. The zero-order valence-electron chi connectivity index (χ0n) is 17.9. The van der Waals surface area contributed by atoms with Gasteiger partial charge in [0.15, 0.2) is 0 Å². The Morgan fingerprint density at radius 3 is 2.27 bits per heavy atom. The zero-order chi connectivity index (χ0) is 19.0. The topological polar surface area (TPSA) is 40.2 Å². The Morgan fingerprint density at radius 2 is 1.65 bits per heavy atom. The Kier molecular flexibility index (Phi) is 8.85. The molecule has 4 nitrogen and oxygen atoms in total. The Labute approximate surface area is 161 Å². The molecular formula is C22H42O4. The van der Waals surface area contributed by atoms with E-state index in [0.717, 1.165) is 18.8 Å². The molecule has 2 rings (SSSR count). The Bertz CT molecular complexity index is 387. The summed E-state index contributed by atoms with van der Waals surface area (Å²) >= 11 is 0. The second-order valence-corrected chi connectivity index (χ2v) is 8.61. The van der Waals surface area contributed by atoms with Gasteiger partial charge in [-0.1, -0.05) is 45.4 Å². The molecule has 1 heterocycles. The quantitative estimate of drug-likeness (QED) is 0.224. The van der Waals surface area contributed by atoms with Crippen LogP contribution in [0.25, 0.3) is 0 Å². The molecule has 1 aliphatic carbocycles. The maximum Gasteiger partial charge on any atom is 0.285 e. The predicted molar refractivity (Wildman–Crippen MR) is 105 cm³/mol. The third-order valence-electron chi connectivity index (χ3n) is 6.81. The summed E-state index contributed by atoms with van der Waals surface area (Å²) < 4.78 is 23.0. The van der Waals surface area contributed by atoms with E-state index in [1.165, 1.54) is 64.2 Å². The number of unbranched alkanes of at least 4 members (excludes halogenated alkanes) is 5. The molecule has 26 heavy (non-hydrogen) atoms. The first-order chi connectivity index (χ1) is 12.5. The second-order valence-electron chi connectivity index (χ2n) is 8.61. The highest BCUT2D eigenvalue weighted by Crippen LogP contribution is 2.50. The lowest BCUT2D eigenvalue weighted by Crippen LogP contribution is -2.44. The van der Waals surface area contributed by atoms with Gasteiger partial charge in [-0.05, 0) is 51.4 Å². The Morgan fingerprint density at radius 1 is 1.00 bits per heavy atom. The molecule has 0 radical (unpaired) electrons. The third-order valence-corrected chi connectivity index (χ3v) is 6.81. The standard InChI is InChI=1S/C22H42O4/c1-6-7-8-9-10-11-12-19(22(23-3,24-4)25-5)14-13-18-15-16-21(2)20(17-18)26-21/h18-20H,6-17H2,1-5H3. The van der Waals surface area contributed by atoms with E-state index in [1.54, 1.807) is 21.3 Å². The fraction of sp³-hybridized carbons (Fsp3) is 1.00. The van der Waals surface area contributed by atoms with E-state index in [4.69, 9.17) is 18.9 Å². The highest BCUT2D eigenvalue weighted by Gasteiger charge is 2.55. The van der Waals surface area contributed by atoms with Gasteiger partial charge < -0.3 is 18.9 Å². The normalized spacial score (nSPS) is 29.4. The van der Waals surface area contributed by atoms with Gasteiger partial charge in [0, 0.05) is 27.2 Å². The molecule has 0 N–H and O–H groups in total. The summed E-state index contributed by atoms with van der Waals surface area (Å²) in [6.07, 6.45) is 15.5. The minimum absolute atomic E-state index is 0.212. The molecule has 2 aliphatic rings. The fourth-order valence-corrected chi connectivity index (χ4v) is 4.84. The van der Waals surface area contributed by atoms with Gasteiger partial charge in [-0.3, -0.25) is 0 Å². The van der Waals surface area contributed by atoms with Crippen LogP contribution in [0.1, 0.15) is 90.9 Å². The number of rotatable bonds is 14. The van der Waals surface area contributed by atoms with Crippen LogP contribution in [-0.2, 0) is 18.9 Å². The molecule has 0 spiro atoms. The first kappa shape index (κ1) is 22.1. The molecule has 4 unspecified atom stereocenters. The molecule has 2 fully saturated rings. The molecule has 0 aromatic heterocycles. The second kappa shape index (κ2) is 10.4. The van der Waals surface area contributed by atoms with Gasteiger partial charge in [0.05, 0.1) is 11.7 Å². The molecule has 0 amide bonds. The van der Waals surface area contributed by atoms with Crippen molar-refractivity contribution in [3.8, 4) is 0 Å². The van der Waals surface area contributed by atoms with Crippen molar-refractivity contribution in [2.75, 3.05) is 21.3 Å². The summed E-state index contributed by atoms with van der Waals surface area (Å²) in [4.78, 5) is 0. The smallest absolute Gasteiger partial charge is 0.285 e. The third kappa shape index (κ3) is 5.67. The number of epoxide rings is 1. The van der Waals surface area contributed by atoms with Crippen molar-refractivity contribution in [3.05, 3.63) is 0 Å². The van der Waals surface area contributed by atoms with Crippen molar-refractivity contribution >= 4 is 0 Å². The van der Waals surface area contributed by atoms with Crippen LogP contribution in [0.5, 0.6) is 0 Å². The molecule has 0 aromatic rings. The van der Waals surface area contributed by atoms with Crippen LogP contribution in [0.3, 0.4) is 0 Å². The van der Waals surface area contributed by atoms with Crippen molar-refractivity contribution < 1.29 is 18.9 Å². The van der Waals surface area contributed by atoms with Gasteiger partial charge in [0.2, 0.25) is 0 Å². The minimum Gasteiger partial charge on any atom is -0.366 e. The van der Waals surface area contributed by atoms with Crippen LogP contribution in [0.15, 0.2) is 0 Å². The van der Waals surface area contributed by atoms with Crippen LogP contribution in [0.2, 0.25) is 0 Å². The van der Waals surface area contributed by atoms with Crippen molar-refractivity contribution in [2.45, 2.75) is 109 Å². The van der Waals surface area contributed by atoms with Crippen molar-refractivity contribution in [1.82, 2.24) is 0 Å². The average Bonchev–Trinajstić information content (AvgIpc) is 3.34. The fourth-order valence-electron chi connectivity index (χ4n) is 4.84. The lowest BCUT2D eigenvalue weighted by molar-refractivity contribution is -0.380. The molecule has 4 atom stereocenters. The molecular weight excluding hydrogens is 328 g/mol. The van der Waals surface area contributed by atoms with Gasteiger partial charge >= 0.3 is 0 Å². The van der Waals surface area contributed by atoms with E-state index in [0.29, 0.717) is 6.10 Å². The van der Waals surface area contributed by atoms with Crippen LogP contribution >= 0.6 is 0 Å². The predicted octanol–water partition coefficient (Wildman–Crippen LogP) is 5.68. The van der Waals surface area contributed by atoms with Crippen LogP contribution in [-0.4, -0.2) is 39.0 Å². The molecule has 0 bridgehead atoms.